The molecular weight excluding hydrogens is 366 g/mol. The number of hydrogen-bond donors (Lipinski definition) is 1. The van der Waals surface area contributed by atoms with E-state index in [4.69, 9.17) is 21.1 Å². The minimum absolute atomic E-state index is 0.0196. The number of amides is 1. The number of carbonyl (C=O) groups is 2. The standard InChI is InChI=1S/C21H24ClNO4/c1-15-7-5-8-16(13-15)27-12-6-11-20(24)23-19(14-21(25)26-2)17-9-3-4-10-18(17)22/h3-5,7-10,13,19H,6,11-12,14H2,1-2H3,(H,23,24)/t19-/m0/s1. The highest BCUT2D eigenvalue weighted by Gasteiger charge is 2.20. The van der Waals surface area contributed by atoms with E-state index in [-0.39, 0.29) is 18.7 Å². The largest absolute Gasteiger partial charge is 0.494 e. The van der Waals surface area contributed by atoms with Gasteiger partial charge in [0.05, 0.1) is 26.2 Å². The van der Waals surface area contributed by atoms with Crippen LogP contribution in [0, 0.1) is 6.92 Å². The number of nitrogens with one attached hydrogen (secondary N) is 1. The highest BCUT2D eigenvalue weighted by molar-refractivity contribution is 6.31. The Balaban J connectivity index is 1.87. The normalized spacial score (nSPS) is 11.5. The van der Waals surface area contributed by atoms with E-state index in [9.17, 15) is 9.59 Å². The first-order chi connectivity index (χ1) is 13.0. The fraction of sp³-hybridized carbons (Fsp3) is 0.333. The molecule has 0 unspecified atom stereocenters. The van der Waals surface area contributed by atoms with Gasteiger partial charge in [-0.1, -0.05) is 41.9 Å². The Bertz CT molecular complexity index is 778. The molecule has 0 aromatic heterocycles. The smallest absolute Gasteiger partial charge is 0.307 e. The molecule has 0 aliphatic heterocycles. The van der Waals surface area contributed by atoms with Crippen LogP contribution in [0.25, 0.3) is 0 Å². The van der Waals surface area contributed by atoms with Crippen LogP contribution in [-0.4, -0.2) is 25.6 Å². The Morgan fingerprint density at radius 2 is 1.93 bits per heavy atom. The SMILES string of the molecule is COC(=O)C[C@H](NC(=O)CCCOc1cccc(C)c1)c1ccccc1Cl. The lowest BCUT2D eigenvalue weighted by Gasteiger charge is -2.19. The number of halogens is 1. The summed E-state index contributed by atoms with van der Waals surface area (Å²) in [5.74, 6) is 0.203. The third-order valence-corrected chi connectivity index (χ3v) is 4.36. The second-order valence-electron chi connectivity index (χ2n) is 6.19. The number of benzene rings is 2. The molecule has 2 aromatic carbocycles. The van der Waals surface area contributed by atoms with E-state index in [0.29, 0.717) is 23.6 Å². The van der Waals surface area contributed by atoms with Crippen molar-refractivity contribution < 1.29 is 19.1 Å². The van der Waals surface area contributed by atoms with E-state index < -0.39 is 12.0 Å². The molecule has 0 radical (unpaired) electrons. The van der Waals surface area contributed by atoms with Crippen molar-refractivity contribution in [3.05, 3.63) is 64.7 Å². The Morgan fingerprint density at radius 1 is 1.15 bits per heavy atom. The van der Waals surface area contributed by atoms with Gasteiger partial charge in [0.25, 0.3) is 0 Å². The van der Waals surface area contributed by atoms with Gasteiger partial charge in [0.15, 0.2) is 0 Å². The summed E-state index contributed by atoms with van der Waals surface area (Å²) in [4.78, 5) is 24.0. The highest BCUT2D eigenvalue weighted by atomic mass is 35.5. The molecule has 144 valence electrons. The zero-order valence-electron chi connectivity index (χ0n) is 15.5. The van der Waals surface area contributed by atoms with Crippen molar-refractivity contribution in [3.8, 4) is 5.75 Å². The van der Waals surface area contributed by atoms with Gasteiger partial charge in [0, 0.05) is 11.4 Å². The van der Waals surface area contributed by atoms with Crippen LogP contribution in [0.15, 0.2) is 48.5 Å². The topological polar surface area (TPSA) is 64.6 Å². The van der Waals surface area contributed by atoms with Crippen LogP contribution in [-0.2, 0) is 14.3 Å². The van der Waals surface area contributed by atoms with Crippen LogP contribution >= 0.6 is 11.6 Å². The molecule has 2 aromatic rings. The number of aryl methyl sites for hydroxylation is 1. The van der Waals surface area contributed by atoms with Crippen LogP contribution in [0.4, 0.5) is 0 Å². The number of rotatable bonds is 9. The zero-order valence-corrected chi connectivity index (χ0v) is 16.3. The molecule has 0 fully saturated rings. The summed E-state index contributed by atoms with van der Waals surface area (Å²) in [5, 5.41) is 3.36. The van der Waals surface area contributed by atoms with Crippen molar-refractivity contribution in [1.29, 1.82) is 0 Å². The molecule has 0 saturated heterocycles. The molecule has 27 heavy (non-hydrogen) atoms. The van der Waals surface area contributed by atoms with Gasteiger partial charge >= 0.3 is 5.97 Å². The quantitative estimate of drug-likeness (QED) is 0.515. The highest BCUT2D eigenvalue weighted by Crippen LogP contribution is 2.25. The number of ether oxygens (including phenoxy) is 2. The van der Waals surface area contributed by atoms with Gasteiger partial charge in [-0.2, -0.15) is 0 Å². The molecular formula is C21H24ClNO4. The average Bonchev–Trinajstić information content (AvgIpc) is 2.65. The molecule has 0 aliphatic rings. The zero-order chi connectivity index (χ0) is 19.6. The summed E-state index contributed by atoms with van der Waals surface area (Å²) in [6.45, 7) is 2.43. The average molecular weight is 390 g/mol. The summed E-state index contributed by atoms with van der Waals surface area (Å²) < 4.78 is 10.4. The summed E-state index contributed by atoms with van der Waals surface area (Å²) in [7, 11) is 1.32. The fourth-order valence-corrected chi connectivity index (χ4v) is 2.91. The van der Waals surface area contributed by atoms with Crippen LogP contribution in [0.1, 0.15) is 36.4 Å². The Labute approximate surface area is 164 Å². The molecule has 2 rings (SSSR count). The van der Waals surface area contributed by atoms with Gasteiger partial charge in [-0.15, -0.1) is 0 Å². The van der Waals surface area contributed by atoms with Gasteiger partial charge in [-0.3, -0.25) is 9.59 Å². The van der Waals surface area contributed by atoms with Crippen LogP contribution < -0.4 is 10.1 Å². The Hall–Kier alpha value is -2.53. The van der Waals surface area contributed by atoms with Gasteiger partial charge in [0.1, 0.15) is 5.75 Å². The molecule has 6 heteroatoms. The van der Waals surface area contributed by atoms with E-state index in [0.717, 1.165) is 11.3 Å². The van der Waals surface area contributed by atoms with E-state index in [2.05, 4.69) is 5.32 Å². The van der Waals surface area contributed by atoms with E-state index in [1.807, 2.05) is 37.3 Å². The maximum atomic E-state index is 12.3. The fourth-order valence-electron chi connectivity index (χ4n) is 2.64. The molecule has 1 N–H and O–H groups in total. The lowest BCUT2D eigenvalue weighted by molar-refractivity contribution is -0.141. The van der Waals surface area contributed by atoms with Crippen molar-refractivity contribution in [1.82, 2.24) is 5.32 Å². The van der Waals surface area contributed by atoms with Crippen molar-refractivity contribution in [2.24, 2.45) is 0 Å². The first kappa shape index (κ1) is 20.8. The van der Waals surface area contributed by atoms with E-state index in [1.54, 1.807) is 18.2 Å². The summed E-state index contributed by atoms with van der Waals surface area (Å²) in [6.07, 6.45) is 0.868. The van der Waals surface area contributed by atoms with Gasteiger partial charge in [0.2, 0.25) is 5.91 Å². The number of hydrogen-bond acceptors (Lipinski definition) is 4. The third kappa shape index (κ3) is 6.94. The molecule has 1 atom stereocenters. The van der Waals surface area contributed by atoms with Gasteiger partial charge in [-0.25, -0.2) is 0 Å². The summed E-state index contributed by atoms with van der Waals surface area (Å²) >= 11 is 6.21. The summed E-state index contributed by atoms with van der Waals surface area (Å²) in [5.41, 5.74) is 1.81. The predicted octanol–water partition coefficient (Wildman–Crippen LogP) is 4.23. The first-order valence-corrected chi connectivity index (χ1v) is 9.17. The lowest BCUT2D eigenvalue weighted by Crippen LogP contribution is -2.30. The van der Waals surface area contributed by atoms with Crippen LogP contribution in [0.2, 0.25) is 5.02 Å². The van der Waals surface area contributed by atoms with Crippen molar-refractivity contribution in [2.75, 3.05) is 13.7 Å². The molecule has 0 aliphatic carbocycles. The molecule has 0 heterocycles. The lowest BCUT2D eigenvalue weighted by atomic mass is 10.0. The molecule has 0 saturated carbocycles. The maximum Gasteiger partial charge on any atom is 0.307 e. The van der Waals surface area contributed by atoms with E-state index >= 15 is 0 Å². The molecule has 1 amide bonds. The van der Waals surface area contributed by atoms with Crippen LogP contribution in [0.5, 0.6) is 5.75 Å². The number of carbonyl (C=O) groups excluding carboxylic acids is 2. The monoisotopic (exact) mass is 389 g/mol. The maximum absolute atomic E-state index is 12.3. The van der Waals surface area contributed by atoms with Crippen molar-refractivity contribution in [2.45, 2.75) is 32.2 Å². The second-order valence-corrected chi connectivity index (χ2v) is 6.60. The van der Waals surface area contributed by atoms with E-state index in [1.165, 1.54) is 7.11 Å². The molecule has 5 nitrogen and oxygen atoms in total. The van der Waals surface area contributed by atoms with Gasteiger partial charge < -0.3 is 14.8 Å². The number of methoxy groups -OCH3 is 1. The minimum Gasteiger partial charge on any atom is -0.494 e. The van der Waals surface area contributed by atoms with Crippen molar-refractivity contribution in [3.63, 3.8) is 0 Å². The Kier molecular flexibility index (Phi) is 8.14. The van der Waals surface area contributed by atoms with Crippen LogP contribution in [0.3, 0.4) is 0 Å². The number of esters is 1. The predicted molar refractivity (Wildman–Crippen MR) is 105 cm³/mol. The first-order valence-electron chi connectivity index (χ1n) is 8.79. The second kappa shape index (κ2) is 10.6. The van der Waals surface area contributed by atoms with Crippen molar-refractivity contribution >= 4 is 23.5 Å². The third-order valence-electron chi connectivity index (χ3n) is 4.02. The minimum atomic E-state index is -0.531. The summed E-state index contributed by atoms with van der Waals surface area (Å²) in [6, 6.07) is 14.4. The molecule has 0 bridgehead atoms. The van der Waals surface area contributed by atoms with Gasteiger partial charge in [-0.05, 0) is 42.7 Å². The molecule has 0 spiro atoms. The Morgan fingerprint density at radius 3 is 2.63 bits per heavy atom.